The summed E-state index contributed by atoms with van der Waals surface area (Å²) in [5.41, 5.74) is 0. The Morgan fingerprint density at radius 1 is 1.29 bits per heavy atom. The summed E-state index contributed by atoms with van der Waals surface area (Å²) in [5, 5.41) is 0. The van der Waals surface area contributed by atoms with Gasteiger partial charge in [0, 0.05) is 25.3 Å². The lowest BCUT2D eigenvalue weighted by atomic mass is 10.2. The highest BCUT2D eigenvalue weighted by Crippen LogP contribution is 2.10. The van der Waals surface area contributed by atoms with Crippen LogP contribution in [0.3, 0.4) is 0 Å². The van der Waals surface area contributed by atoms with Gasteiger partial charge in [0.15, 0.2) is 0 Å². The molecule has 0 saturated carbocycles. The second-order valence-corrected chi connectivity index (χ2v) is 4.74. The summed E-state index contributed by atoms with van der Waals surface area (Å²) in [6, 6.07) is 0.250. The lowest BCUT2D eigenvalue weighted by molar-refractivity contribution is -0.145. The van der Waals surface area contributed by atoms with Crippen LogP contribution in [0.2, 0.25) is 0 Å². The quantitative estimate of drug-likeness (QED) is 0.626. The largest absolute Gasteiger partial charge is 0.466 e. The van der Waals surface area contributed by atoms with Crippen LogP contribution in [0.1, 0.15) is 33.1 Å². The number of rotatable bonds is 8. The molecular formula is C12H23NO3S. The van der Waals surface area contributed by atoms with E-state index in [0.717, 1.165) is 12.2 Å². The Morgan fingerprint density at radius 3 is 2.41 bits per heavy atom. The Kier molecular flexibility index (Phi) is 8.94. The molecule has 0 rings (SSSR count). The monoisotopic (exact) mass is 261 g/mol. The smallest absolute Gasteiger partial charge is 0.306 e. The molecule has 1 amide bonds. The van der Waals surface area contributed by atoms with Gasteiger partial charge in [-0.3, -0.25) is 9.59 Å². The second-order valence-electron chi connectivity index (χ2n) is 3.83. The number of carbonyl (C=O) groups excluding carboxylic acids is 2. The Bertz CT molecular complexity index is 246. The van der Waals surface area contributed by atoms with Gasteiger partial charge in [-0.05, 0) is 19.6 Å². The minimum Gasteiger partial charge on any atom is -0.466 e. The number of amides is 1. The van der Waals surface area contributed by atoms with E-state index in [1.54, 1.807) is 30.6 Å². The molecule has 0 heterocycles. The number of thioether (sulfide) groups is 1. The van der Waals surface area contributed by atoms with E-state index in [0.29, 0.717) is 6.61 Å². The number of ether oxygens (including phenoxy) is 1. The number of hydrogen-bond donors (Lipinski definition) is 0. The van der Waals surface area contributed by atoms with Gasteiger partial charge in [0.05, 0.1) is 13.0 Å². The first-order valence-electron chi connectivity index (χ1n) is 5.96. The second kappa shape index (κ2) is 9.33. The van der Waals surface area contributed by atoms with Gasteiger partial charge in [0.25, 0.3) is 0 Å². The lowest BCUT2D eigenvalue weighted by Gasteiger charge is -2.26. The van der Waals surface area contributed by atoms with Crippen molar-refractivity contribution < 1.29 is 14.3 Å². The fourth-order valence-electron chi connectivity index (χ4n) is 1.52. The zero-order valence-corrected chi connectivity index (χ0v) is 12.0. The first-order valence-corrected chi connectivity index (χ1v) is 7.36. The molecule has 0 aliphatic carbocycles. The molecule has 0 aromatic heterocycles. The van der Waals surface area contributed by atoms with Crippen LogP contribution in [-0.2, 0) is 14.3 Å². The summed E-state index contributed by atoms with van der Waals surface area (Å²) in [6.07, 6.45) is 3.37. The van der Waals surface area contributed by atoms with Crippen LogP contribution >= 0.6 is 11.8 Å². The van der Waals surface area contributed by atoms with Crippen LogP contribution in [-0.4, -0.2) is 48.5 Å². The summed E-state index contributed by atoms with van der Waals surface area (Å²) in [5.74, 6) is 0.643. The molecule has 0 fully saturated rings. The number of hydrogen-bond acceptors (Lipinski definition) is 4. The van der Waals surface area contributed by atoms with Crippen molar-refractivity contribution in [1.29, 1.82) is 0 Å². The predicted octanol–water partition coefficient (Wildman–Crippen LogP) is 1.93. The maximum Gasteiger partial charge on any atom is 0.306 e. The molecule has 0 aliphatic rings. The van der Waals surface area contributed by atoms with Crippen molar-refractivity contribution in [3.8, 4) is 0 Å². The molecule has 17 heavy (non-hydrogen) atoms. The average molecular weight is 261 g/mol. The fraction of sp³-hybridized carbons (Fsp3) is 0.833. The van der Waals surface area contributed by atoms with Crippen LogP contribution in [0, 0.1) is 0 Å². The van der Waals surface area contributed by atoms with Crippen molar-refractivity contribution in [2.75, 3.05) is 25.7 Å². The minimum atomic E-state index is -0.299. The first kappa shape index (κ1) is 16.3. The highest BCUT2D eigenvalue weighted by atomic mass is 32.2. The van der Waals surface area contributed by atoms with Crippen LogP contribution in [0.4, 0.5) is 0 Å². The zero-order chi connectivity index (χ0) is 13.3. The van der Waals surface area contributed by atoms with E-state index in [1.165, 1.54) is 0 Å². The third-order valence-electron chi connectivity index (χ3n) is 2.62. The van der Waals surface area contributed by atoms with Crippen LogP contribution < -0.4 is 0 Å². The van der Waals surface area contributed by atoms with Crippen molar-refractivity contribution in [3.05, 3.63) is 0 Å². The lowest BCUT2D eigenvalue weighted by Crippen LogP contribution is -2.38. The molecule has 100 valence electrons. The molecule has 1 atom stereocenters. The number of esters is 1. The normalized spacial score (nSPS) is 12.0. The first-order chi connectivity index (χ1) is 8.06. The molecular weight excluding hydrogens is 238 g/mol. The molecule has 0 aromatic rings. The number of carbonyl (C=O) groups is 2. The molecule has 0 radical (unpaired) electrons. The summed E-state index contributed by atoms with van der Waals surface area (Å²) in [7, 11) is 1.80. The molecule has 5 heteroatoms. The van der Waals surface area contributed by atoms with Crippen molar-refractivity contribution in [2.45, 2.75) is 39.2 Å². The molecule has 1 unspecified atom stereocenters. The molecule has 0 aliphatic heterocycles. The zero-order valence-electron chi connectivity index (χ0n) is 11.2. The molecule has 0 spiro atoms. The SMILES string of the molecule is CCOC(=O)CCC(=O)N(C)C(CC)CSC. The third-order valence-corrected chi connectivity index (χ3v) is 3.34. The third kappa shape index (κ3) is 6.56. The van der Waals surface area contributed by atoms with Gasteiger partial charge in [-0.2, -0.15) is 11.8 Å². The summed E-state index contributed by atoms with van der Waals surface area (Å²) >= 11 is 1.73. The molecule has 0 bridgehead atoms. The van der Waals surface area contributed by atoms with Crippen molar-refractivity contribution >= 4 is 23.6 Å². The van der Waals surface area contributed by atoms with Crippen LogP contribution in [0.15, 0.2) is 0 Å². The Hall–Kier alpha value is -0.710. The van der Waals surface area contributed by atoms with Gasteiger partial charge in [-0.1, -0.05) is 6.92 Å². The van der Waals surface area contributed by atoms with Crippen molar-refractivity contribution in [2.24, 2.45) is 0 Å². The van der Waals surface area contributed by atoms with E-state index in [4.69, 9.17) is 4.74 Å². The Labute approximate surface area is 108 Å². The van der Waals surface area contributed by atoms with Crippen molar-refractivity contribution in [1.82, 2.24) is 4.90 Å². The van der Waals surface area contributed by atoms with Crippen molar-refractivity contribution in [3.63, 3.8) is 0 Å². The maximum absolute atomic E-state index is 11.8. The van der Waals surface area contributed by atoms with Gasteiger partial charge in [0.2, 0.25) is 5.91 Å². The van der Waals surface area contributed by atoms with E-state index < -0.39 is 0 Å². The van der Waals surface area contributed by atoms with E-state index in [9.17, 15) is 9.59 Å². The predicted molar refractivity (Wildman–Crippen MR) is 71.1 cm³/mol. The van der Waals surface area contributed by atoms with Gasteiger partial charge >= 0.3 is 5.97 Å². The van der Waals surface area contributed by atoms with E-state index in [-0.39, 0.29) is 30.8 Å². The average Bonchev–Trinajstić information content (AvgIpc) is 2.32. The fourth-order valence-corrected chi connectivity index (χ4v) is 2.36. The van der Waals surface area contributed by atoms with E-state index in [1.807, 2.05) is 6.26 Å². The summed E-state index contributed by atoms with van der Waals surface area (Å²) < 4.78 is 4.79. The maximum atomic E-state index is 11.8. The molecule has 0 saturated heterocycles. The van der Waals surface area contributed by atoms with E-state index >= 15 is 0 Å². The number of nitrogens with zero attached hydrogens (tertiary/aromatic N) is 1. The minimum absolute atomic E-state index is 0.0129. The van der Waals surface area contributed by atoms with Crippen LogP contribution in [0.5, 0.6) is 0 Å². The molecule has 0 N–H and O–H groups in total. The Balaban J connectivity index is 4.07. The van der Waals surface area contributed by atoms with Gasteiger partial charge < -0.3 is 9.64 Å². The van der Waals surface area contributed by atoms with Gasteiger partial charge in [-0.25, -0.2) is 0 Å². The van der Waals surface area contributed by atoms with Gasteiger partial charge in [0.1, 0.15) is 0 Å². The van der Waals surface area contributed by atoms with Gasteiger partial charge in [-0.15, -0.1) is 0 Å². The highest BCUT2D eigenvalue weighted by molar-refractivity contribution is 7.98. The molecule has 0 aromatic carbocycles. The Morgan fingerprint density at radius 2 is 1.94 bits per heavy atom. The highest BCUT2D eigenvalue weighted by Gasteiger charge is 2.18. The standard InChI is InChI=1S/C12H23NO3S/c1-5-10(9-17-4)13(3)11(14)7-8-12(15)16-6-2/h10H,5-9H2,1-4H3. The topological polar surface area (TPSA) is 46.6 Å². The van der Waals surface area contributed by atoms with E-state index in [2.05, 4.69) is 6.92 Å². The van der Waals surface area contributed by atoms with Crippen LogP contribution in [0.25, 0.3) is 0 Å². The summed E-state index contributed by atoms with van der Waals surface area (Å²) in [4.78, 5) is 24.7. The molecule has 4 nitrogen and oxygen atoms in total. The summed E-state index contributed by atoms with van der Waals surface area (Å²) in [6.45, 7) is 4.19.